The van der Waals surface area contributed by atoms with E-state index in [1.807, 2.05) is 13.4 Å². The Kier molecular flexibility index (Phi) is 5.60. The third-order valence-electron chi connectivity index (χ3n) is 4.17. The molecule has 1 aromatic heterocycles. The van der Waals surface area contributed by atoms with Crippen molar-refractivity contribution >= 4 is 15.9 Å². The summed E-state index contributed by atoms with van der Waals surface area (Å²) in [5.74, 6) is 0. The van der Waals surface area contributed by atoms with Gasteiger partial charge in [0.1, 0.15) is 4.60 Å². The number of halogens is 1. The van der Waals surface area contributed by atoms with Gasteiger partial charge in [-0.15, -0.1) is 0 Å². The molecular weight excluding hydrogens is 318 g/mol. The Morgan fingerprint density at radius 3 is 2.30 bits per heavy atom. The topological polar surface area (TPSA) is 36.3 Å². The average Bonchev–Trinajstić information content (AvgIpc) is 2.76. The fourth-order valence-corrected chi connectivity index (χ4v) is 3.58. The van der Waals surface area contributed by atoms with E-state index in [-0.39, 0.29) is 0 Å². The molecule has 1 aliphatic rings. The number of aryl methyl sites for hydroxylation is 1. The van der Waals surface area contributed by atoms with Gasteiger partial charge in [-0.25, -0.2) is 4.98 Å². The lowest BCUT2D eigenvalue weighted by molar-refractivity contribution is 0.0755. The number of hydrogen-bond donors (Lipinski definition) is 1. The van der Waals surface area contributed by atoms with Crippen LogP contribution >= 0.6 is 15.9 Å². The minimum Gasteiger partial charge on any atom is -0.335 e. The average molecular weight is 344 g/mol. The first-order chi connectivity index (χ1) is 9.54. The van der Waals surface area contributed by atoms with Crippen LogP contribution in [0.4, 0.5) is 0 Å². The molecule has 0 amide bonds. The SMILES string of the molecule is CNCC(c1c(Br)ncn1C)N1CCN(C(C)C)CC1. The fraction of sp³-hybridized carbons (Fsp3) is 0.786. The predicted molar refractivity (Wildman–Crippen MR) is 85.9 cm³/mol. The Morgan fingerprint density at radius 1 is 1.25 bits per heavy atom. The largest absolute Gasteiger partial charge is 0.335 e. The fourth-order valence-electron chi connectivity index (χ4n) is 2.94. The van der Waals surface area contributed by atoms with Crippen LogP contribution < -0.4 is 5.32 Å². The van der Waals surface area contributed by atoms with Gasteiger partial charge in [0.15, 0.2) is 0 Å². The summed E-state index contributed by atoms with van der Waals surface area (Å²) in [6.45, 7) is 10.0. The third kappa shape index (κ3) is 3.42. The van der Waals surface area contributed by atoms with Crippen molar-refractivity contribution in [1.82, 2.24) is 24.7 Å². The molecule has 0 aromatic carbocycles. The Balaban J connectivity index is 2.11. The first-order valence-electron chi connectivity index (χ1n) is 7.34. The van der Waals surface area contributed by atoms with Gasteiger partial charge in [0, 0.05) is 45.8 Å². The Morgan fingerprint density at radius 2 is 1.85 bits per heavy atom. The van der Waals surface area contributed by atoms with E-state index in [9.17, 15) is 0 Å². The van der Waals surface area contributed by atoms with Gasteiger partial charge in [0.2, 0.25) is 0 Å². The van der Waals surface area contributed by atoms with Gasteiger partial charge in [-0.3, -0.25) is 9.80 Å². The molecule has 0 bridgehead atoms. The molecule has 5 nitrogen and oxygen atoms in total. The monoisotopic (exact) mass is 343 g/mol. The summed E-state index contributed by atoms with van der Waals surface area (Å²) in [6.07, 6.45) is 1.88. The van der Waals surface area contributed by atoms with E-state index >= 15 is 0 Å². The van der Waals surface area contributed by atoms with Crippen LogP contribution in [0.2, 0.25) is 0 Å². The second-order valence-corrected chi connectivity index (χ2v) is 6.52. The normalized spacial score (nSPS) is 19.7. The first kappa shape index (κ1) is 15.9. The Bertz CT molecular complexity index is 404. The summed E-state index contributed by atoms with van der Waals surface area (Å²) in [6, 6.07) is 1.01. The second-order valence-electron chi connectivity index (χ2n) is 5.77. The highest BCUT2D eigenvalue weighted by Crippen LogP contribution is 2.27. The number of piperazine rings is 1. The van der Waals surface area contributed by atoms with Crippen molar-refractivity contribution in [2.45, 2.75) is 25.9 Å². The van der Waals surface area contributed by atoms with Crippen molar-refractivity contribution in [1.29, 1.82) is 0 Å². The van der Waals surface area contributed by atoms with Gasteiger partial charge in [-0.2, -0.15) is 0 Å². The zero-order chi connectivity index (χ0) is 14.7. The van der Waals surface area contributed by atoms with E-state index in [4.69, 9.17) is 0 Å². The maximum atomic E-state index is 4.37. The zero-order valence-electron chi connectivity index (χ0n) is 12.9. The lowest BCUT2D eigenvalue weighted by atomic mass is 10.1. The van der Waals surface area contributed by atoms with Gasteiger partial charge in [0.25, 0.3) is 0 Å². The van der Waals surface area contributed by atoms with Crippen LogP contribution in [0.1, 0.15) is 25.6 Å². The maximum absolute atomic E-state index is 4.37. The molecule has 1 N–H and O–H groups in total. The van der Waals surface area contributed by atoms with Gasteiger partial charge >= 0.3 is 0 Å². The molecule has 1 atom stereocenters. The molecule has 1 aliphatic heterocycles. The number of rotatable bonds is 5. The van der Waals surface area contributed by atoms with Crippen molar-refractivity contribution in [3.05, 3.63) is 16.6 Å². The van der Waals surface area contributed by atoms with E-state index in [0.29, 0.717) is 12.1 Å². The van der Waals surface area contributed by atoms with E-state index < -0.39 is 0 Å². The number of nitrogens with one attached hydrogen (secondary N) is 1. The molecule has 6 heteroatoms. The van der Waals surface area contributed by atoms with Crippen molar-refractivity contribution in [3.63, 3.8) is 0 Å². The van der Waals surface area contributed by atoms with Gasteiger partial charge in [-0.05, 0) is 36.8 Å². The molecule has 1 unspecified atom stereocenters. The minimum atomic E-state index is 0.371. The molecular formula is C14H26BrN5. The zero-order valence-corrected chi connectivity index (χ0v) is 14.5. The van der Waals surface area contributed by atoms with Gasteiger partial charge < -0.3 is 9.88 Å². The standard InChI is InChI=1S/C14H26BrN5/c1-11(2)19-5-7-20(8-6-19)12(9-16-3)13-14(15)17-10-18(13)4/h10-12,16H,5-9H2,1-4H3. The molecule has 2 heterocycles. The van der Waals surface area contributed by atoms with Crippen molar-refractivity contribution in [2.24, 2.45) is 7.05 Å². The lowest BCUT2D eigenvalue weighted by Gasteiger charge is -2.41. The highest BCUT2D eigenvalue weighted by molar-refractivity contribution is 9.10. The van der Waals surface area contributed by atoms with Crippen LogP contribution in [-0.4, -0.2) is 65.2 Å². The summed E-state index contributed by atoms with van der Waals surface area (Å²) < 4.78 is 3.09. The van der Waals surface area contributed by atoms with E-state index in [1.54, 1.807) is 0 Å². The second kappa shape index (κ2) is 7.02. The molecule has 1 fully saturated rings. The molecule has 0 aliphatic carbocycles. The Labute approximate surface area is 130 Å². The third-order valence-corrected chi connectivity index (χ3v) is 4.78. The van der Waals surface area contributed by atoms with Crippen LogP contribution in [0.15, 0.2) is 10.9 Å². The molecule has 1 aromatic rings. The minimum absolute atomic E-state index is 0.371. The summed E-state index contributed by atoms with van der Waals surface area (Å²) in [5, 5.41) is 3.32. The summed E-state index contributed by atoms with van der Waals surface area (Å²) in [5.41, 5.74) is 1.26. The van der Waals surface area contributed by atoms with Crippen molar-refractivity contribution in [2.75, 3.05) is 39.8 Å². The molecule has 114 valence electrons. The lowest BCUT2D eigenvalue weighted by Crippen LogP contribution is -2.51. The quantitative estimate of drug-likeness (QED) is 0.878. The van der Waals surface area contributed by atoms with Crippen LogP contribution in [0.25, 0.3) is 0 Å². The van der Waals surface area contributed by atoms with Gasteiger partial charge in [-0.1, -0.05) is 0 Å². The Hall–Kier alpha value is -0.430. The molecule has 0 saturated carbocycles. The van der Waals surface area contributed by atoms with E-state index in [1.165, 1.54) is 5.69 Å². The van der Waals surface area contributed by atoms with Gasteiger partial charge in [0.05, 0.1) is 18.1 Å². The highest BCUT2D eigenvalue weighted by Gasteiger charge is 2.28. The van der Waals surface area contributed by atoms with E-state index in [0.717, 1.165) is 37.3 Å². The molecule has 1 saturated heterocycles. The number of likely N-dealkylation sites (N-methyl/N-ethyl adjacent to an activating group) is 1. The van der Waals surface area contributed by atoms with Crippen LogP contribution in [0.5, 0.6) is 0 Å². The smallest absolute Gasteiger partial charge is 0.128 e. The number of nitrogens with zero attached hydrogens (tertiary/aromatic N) is 4. The van der Waals surface area contributed by atoms with Crippen LogP contribution in [0.3, 0.4) is 0 Å². The predicted octanol–water partition coefficient (Wildman–Crippen LogP) is 1.47. The summed E-state index contributed by atoms with van der Waals surface area (Å²) >= 11 is 3.59. The van der Waals surface area contributed by atoms with Crippen molar-refractivity contribution < 1.29 is 0 Å². The number of hydrogen-bond acceptors (Lipinski definition) is 4. The molecule has 0 spiro atoms. The molecule has 0 radical (unpaired) electrons. The summed E-state index contributed by atoms with van der Waals surface area (Å²) in [4.78, 5) is 9.49. The first-order valence-corrected chi connectivity index (χ1v) is 8.13. The molecule has 20 heavy (non-hydrogen) atoms. The highest BCUT2D eigenvalue weighted by atomic mass is 79.9. The van der Waals surface area contributed by atoms with Crippen molar-refractivity contribution in [3.8, 4) is 0 Å². The number of imidazole rings is 1. The van der Waals surface area contributed by atoms with Crippen LogP contribution in [0, 0.1) is 0 Å². The van der Waals surface area contributed by atoms with E-state index in [2.05, 4.69) is 61.5 Å². The maximum Gasteiger partial charge on any atom is 0.128 e. The molecule has 2 rings (SSSR count). The summed E-state index contributed by atoms with van der Waals surface area (Å²) in [7, 11) is 4.09. The van der Waals surface area contributed by atoms with Crippen LogP contribution in [-0.2, 0) is 7.05 Å². The number of aromatic nitrogens is 2.